The Bertz CT molecular complexity index is 365. The molecule has 0 aromatic heterocycles. The van der Waals surface area contributed by atoms with Gasteiger partial charge in [-0.3, -0.25) is 4.79 Å². The van der Waals surface area contributed by atoms with E-state index in [4.69, 9.17) is 9.47 Å². The highest BCUT2D eigenvalue weighted by Crippen LogP contribution is 2.34. The largest absolute Gasteiger partial charge is 0.497 e. The molecule has 2 atom stereocenters. The van der Waals surface area contributed by atoms with Crippen LogP contribution >= 0.6 is 0 Å². The van der Waals surface area contributed by atoms with Crippen LogP contribution in [0.5, 0.6) is 0 Å². The summed E-state index contributed by atoms with van der Waals surface area (Å²) in [6.07, 6.45) is 4.98. The molecule has 80 valence electrons. The summed E-state index contributed by atoms with van der Waals surface area (Å²) in [5, 5.41) is 9.18. The highest BCUT2D eigenvalue weighted by atomic mass is 16.5. The van der Waals surface area contributed by atoms with Gasteiger partial charge in [-0.2, -0.15) is 5.26 Å². The zero-order valence-corrected chi connectivity index (χ0v) is 8.98. The number of rotatable bonds is 3. The maximum Gasteiger partial charge on any atom is 0.224 e. The smallest absolute Gasteiger partial charge is 0.224 e. The van der Waals surface area contributed by atoms with Crippen molar-refractivity contribution in [3.05, 3.63) is 24.0 Å². The Morgan fingerprint density at radius 3 is 2.67 bits per heavy atom. The van der Waals surface area contributed by atoms with Crippen molar-refractivity contribution in [3.63, 3.8) is 0 Å². The Morgan fingerprint density at radius 2 is 2.27 bits per heavy atom. The Hall–Kier alpha value is -1.60. The Kier molecular flexibility index (Phi) is 3.28. The highest BCUT2D eigenvalue weighted by molar-refractivity contribution is 5.83. The molecule has 4 nitrogen and oxygen atoms in total. The molecule has 0 radical (unpaired) electrons. The second-order valence-electron chi connectivity index (χ2n) is 3.26. The second-order valence-corrected chi connectivity index (χ2v) is 3.26. The van der Waals surface area contributed by atoms with E-state index in [-0.39, 0.29) is 5.78 Å². The van der Waals surface area contributed by atoms with Gasteiger partial charge in [0.05, 0.1) is 13.0 Å². The van der Waals surface area contributed by atoms with Crippen LogP contribution in [-0.2, 0) is 14.3 Å². The average molecular weight is 207 g/mol. The topological polar surface area (TPSA) is 59.3 Å². The summed E-state index contributed by atoms with van der Waals surface area (Å²) >= 11 is 0. The predicted molar refractivity (Wildman–Crippen MR) is 53.8 cm³/mol. The number of hydrogen-bond donors (Lipinski definition) is 0. The van der Waals surface area contributed by atoms with E-state index in [9.17, 15) is 10.1 Å². The van der Waals surface area contributed by atoms with Gasteiger partial charge in [0.2, 0.25) is 5.60 Å². The van der Waals surface area contributed by atoms with E-state index in [1.54, 1.807) is 18.2 Å². The molecule has 1 rings (SSSR count). The van der Waals surface area contributed by atoms with Crippen molar-refractivity contribution in [2.45, 2.75) is 12.5 Å². The molecule has 0 amide bonds. The number of ether oxygens (including phenoxy) is 2. The van der Waals surface area contributed by atoms with Crippen LogP contribution in [0.3, 0.4) is 0 Å². The lowest BCUT2D eigenvalue weighted by Gasteiger charge is -2.33. The Labute approximate surface area is 88.8 Å². The first-order valence-electron chi connectivity index (χ1n) is 4.52. The molecule has 0 heterocycles. The average Bonchev–Trinajstić information content (AvgIpc) is 2.27. The minimum absolute atomic E-state index is 0.127. The van der Waals surface area contributed by atoms with Gasteiger partial charge in [0.1, 0.15) is 17.6 Å². The molecule has 0 saturated carbocycles. The third kappa shape index (κ3) is 1.66. The molecule has 0 N–H and O–H groups in total. The van der Waals surface area contributed by atoms with E-state index in [0.717, 1.165) is 0 Å². The van der Waals surface area contributed by atoms with Gasteiger partial charge in [-0.05, 0) is 13.0 Å². The first-order chi connectivity index (χ1) is 7.12. The van der Waals surface area contributed by atoms with Crippen molar-refractivity contribution < 1.29 is 14.3 Å². The van der Waals surface area contributed by atoms with Gasteiger partial charge >= 0.3 is 0 Å². The molecule has 0 fully saturated rings. The molecular formula is C11H13NO3. The van der Waals surface area contributed by atoms with Gasteiger partial charge in [-0.25, -0.2) is 0 Å². The first kappa shape index (κ1) is 11.5. The Balaban J connectivity index is 3.24. The molecule has 2 unspecified atom stereocenters. The third-order valence-corrected chi connectivity index (χ3v) is 2.50. The monoisotopic (exact) mass is 207 g/mol. The van der Waals surface area contributed by atoms with E-state index in [1.807, 2.05) is 6.07 Å². The van der Waals surface area contributed by atoms with E-state index in [2.05, 4.69) is 0 Å². The van der Waals surface area contributed by atoms with Gasteiger partial charge < -0.3 is 9.47 Å². The van der Waals surface area contributed by atoms with Gasteiger partial charge in [-0.15, -0.1) is 0 Å². The second kappa shape index (κ2) is 4.28. The molecule has 1 aliphatic carbocycles. The molecule has 1 aliphatic rings. The van der Waals surface area contributed by atoms with Crippen LogP contribution in [0, 0.1) is 17.2 Å². The first-order valence-corrected chi connectivity index (χ1v) is 4.52. The molecule has 0 aromatic rings. The number of nitrogens with zero attached hydrogens (tertiary/aromatic N) is 1. The van der Waals surface area contributed by atoms with E-state index < -0.39 is 11.5 Å². The number of allylic oxidation sites excluding steroid dienone is 2. The predicted octanol–water partition coefficient (Wildman–Crippen LogP) is 1.20. The molecule has 0 spiro atoms. The minimum Gasteiger partial charge on any atom is -0.497 e. The van der Waals surface area contributed by atoms with E-state index in [0.29, 0.717) is 5.76 Å². The number of methoxy groups -OCH3 is 2. The summed E-state index contributed by atoms with van der Waals surface area (Å²) in [6.45, 7) is 1.43. The summed E-state index contributed by atoms with van der Waals surface area (Å²) in [7, 11) is 2.85. The summed E-state index contributed by atoms with van der Waals surface area (Å²) in [5.41, 5.74) is -1.32. The van der Waals surface area contributed by atoms with Crippen LogP contribution in [0.2, 0.25) is 0 Å². The standard InChI is InChI=1S/C11H13NO3/c1-8(13)9-5-4-6-10(14-2)11(9,7-12)15-3/h4-6,9H,1-3H3. The summed E-state index contributed by atoms with van der Waals surface area (Å²) in [6, 6.07) is 2.01. The van der Waals surface area contributed by atoms with Crippen molar-refractivity contribution in [3.8, 4) is 6.07 Å². The molecule has 0 saturated heterocycles. The summed E-state index contributed by atoms with van der Waals surface area (Å²) in [5.74, 6) is -0.389. The molecule has 0 aromatic carbocycles. The van der Waals surface area contributed by atoms with Crippen molar-refractivity contribution in [1.29, 1.82) is 5.26 Å². The van der Waals surface area contributed by atoms with Gasteiger partial charge in [-0.1, -0.05) is 12.2 Å². The van der Waals surface area contributed by atoms with E-state index >= 15 is 0 Å². The number of ketones is 1. The van der Waals surface area contributed by atoms with Crippen molar-refractivity contribution >= 4 is 5.78 Å². The lowest BCUT2D eigenvalue weighted by Crippen LogP contribution is -2.44. The minimum atomic E-state index is -1.32. The fourth-order valence-corrected chi connectivity index (χ4v) is 1.71. The highest BCUT2D eigenvalue weighted by Gasteiger charge is 2.47. The Morgan fingerprint density at radius 1 is 1.60 bits per heavy atom. The normalized spacial score (nSPS) is 29.2. The van der Waals surface area contributed by atoms with Gasteiger partial charge in [0, 0.05) is 7.11 Å². The SMILES string of the molecule is COC1=CC=CC(C(C)=O)C1(C#N)OC. The van der Waals surface area contributed by atoms with Crippen molar-refractivity contribution in [1.82, 2.24) is 0 Å². The van der Waals surface area contributed by atoms with Crippen LogP contribution in [0.15, 0.2) is 24.0 Å². The van der Waals surface area contributed by atoms with Crippen LogP contribution in [0.4, 0.5) is 0 Å². The van der Waals surface area contributed by atoms with Crippen molar-refractivity contribution in [2.75, 3.05) is 14.2 Å². The molecule has 0 bridgehead atoms. The molecule has 4 heteroatoms. The van der Waals surface area contributed by atoms with Crippen molar-refractivity contribution in [2.24, 2.45) is 5.92 Å². The van der Waals surface area contributed by atoms with Gasteiger partial charge in [0.15, 0.2) is 0 Å². The number of nitriles is 1. The zero-order valence-electron chi connectivity index (χ0n) is 8.98. The lowest BCUT2D eigenvalue weighted by molar-refractivity contribution is -0.126. The number of carbonyl (C=O) groups excluding carboxylic acids is 1. The number of hydrogen-bond acceptors (Lipinski definition) is 4. The number of Topliss-reactive ketones (excluding diaryl/α,β-unsaturated/α-hetero) is 1. The van der Waals surface area contributed by atoms with Crippen LogP contribution in [0.1, 0.15) is 6.92 Å². The molecular weight excluding hydrogens is 194 g/mol. The van der Waals surface area contributed by atoms with E-state index in [1.165, 1.54) is 21.1 Å². The summed E-state index contributed by atoms with van der Waals surface area (Å²) in [4.78, 5) is 11.4. The van der Waals surface area contributed by atoms with Crippen LogP contribution < -0.4 is 0 Å². The summed E-state index contributed by atoms with van der Waals surface area (Å²) < 4.78 is 10.3. The van der Waals surface area contributed by atoms with Crippen LogP contribution in [-0.4, -0.2) is 25.6 Å². The molecule has 15 heavy (non-hydrogen) atoms. The quantitative estimate of drug-likeness (QED) is 0.697. The molecule has 0 aliphatic heterocycles. The number of carbonyl (C=O) groups is 1. The fourth-order valence-electron chi connectivity index (χ4n) is 1.71. The zero-order chi connectivity index (χ0) is 11.5. The van der Waals surface area contributed by atoms with Crippen LogP contribution in [0.25, 0.3) is 0 Å². The maximum absolute atomic E-state index is 11.4. The third-order valence-electron chi connectivity index (χ3n) is 2.50. The lowest BCUT2D eigenvalue weighted by atomic mass is 9.80. The maximum atomic E-state index is 11.4. The fraction of sp³-hybridized carbons (Fsp3) is 0.455. The van der Waals surface area contributed by atoms with Gasteiger partial charge in [0.25, 0.3) is 0 Å².